The Labute approximate surface area is 87.0 Å². The topological polar surface area (TPSA) is 60.9 Å². The van der Waals surface area contributed by atoms with Gasteiger partial charge in [-0.15, -0.1) is 0 Å². The minimum absolute atomic E-state index is 0.255. The number of nitrogen functional groups attached to an aromatic ring is 1. The van der Waals surface area contributed by atoms with Gasteiger partial charge in [-0.1, -0.05) is 12.1 Å². The third-order valence-corrected chi connectivity index (χ3v) is 2.19. The van der Waals surface area contributed by atoms with Crippen LogP contribution in [0.2, 0.25) is 0 Å². The number of aryl methyl sites for hydroxylation is 1. The Hall–Kier alpha value is -2.10. The van der Waals surface area contributed by atoms with Gasteiger partial charge >= 0.3 is 5.69 Å². The molecule has 0 unspecified atom stereocenters. The average molecular weight is 201 g/mol. The van der Waals surface area contributed by atoms with Gasteiger partial charge in [-0.3, -0.25) is 0 Å². The van der Waals surface area contributed by atoms with E-state index in [1.165, 1.54) is 4.57 Å². The van der Waals surface area contributed by atoms with Gasteiger partial charge in [0.2, 0.25) is 0 Å². The Morgan fingerprint density at radius 2 is 1.87 bits per heavy atom. The summed E-state index contributed by atoms with van der Waals surface area (Å²) in [5.74, 6) is 0. The van der Waals surface area contributed by atoms with Crippen LogP contribution in [-0.2, 0) is 7.05 Å². The highest BCUT2D eigenvalue weighted by molar-refractivity contribution is 5.63. The first-order valence-electron chi connectivity index (χ1n) is 4.55. The van der Waals surface area contributed by atoms with E-state index in [1.54, 1.807) is 19.4 Å². The number of benzene rings is 1. The molecule has 4 heteroatoms. The van der Waals surface area contributed by atoms with Crippen molar-refractivity contribution in [1.82, 2.24) is 9.55 Å². The van der Waals surface area contributed by atoms with E-state index in [-0.39, 0.29) is 5.69 Å². The molecule has 0 saturated carbocycles. The predicted molar refractivity (Wildman–Crippen MR) is 59.3 cm³/mol. The summed E-state index contributed by atoms with van der Waals surface area (Å²) < 4.78 is 1.45. The third kappa shape index (κ3) is 1.88. The average Bonchev–Trinajstić information content (AvgIpc) is 2.23. The molecule has 0 aliphatic heterocycles. The van der Waals surface area contributed by atoms with E-state index in [9.17, 15) is 4.79 Å². The number of hydrogen-bond acceptors (Lipinski definition) is 3. The maximum Gasteiger partial charge on any atom is 0.347 e. The van der Waals surface area contributed by atoms with Crippen LogP contribution in [-0.4, -0.2) is 9.55 Å². The molecule has 1 aromatic carbocycles. The maximum absolute atomic E-state index is 11.1. The summed E-state index contributed by atoms with van der Waals surface area (Å²) in [4.78, 5) is 14.8. The summed E-state index contributed by atoms with van der Waals surface area (Å²) in [5.41, 5.74) is 7.94. The van der Waals surface area contributed by atoms with Gasteiger partial charge < -0.3 is 10.3 Å². The second kappa shape index (κ2) is 3.57. The van der Waals surface area contributed by atoms with Gasteiger partial charge in [0, 0.05) is 30.7 Å². The second-order valence-electron chi connectivity index (χ2n) is 3.36. The molecule has 0 saturated heterocycles. The molecule has 1 heterocycles. The molecular weight excluding hydrogens is 190 g/mol. The van der Waals surface area contributed by atoms with Crippen LogP contribution >= 0.6 is 0 Å². The number of nitrogens with zero attached hydrogens (tertiary/aromatic N) is 2. The number of aromatic nitrogens is 2. The maximum atomic E-state index is 11.1. The first-order chi connectivity index (χ1) is 7.16. The van der Waals surface area contributed by atoms with Crippen molar-refractivity contribution in [2.24, 2.45) is 7.05 Å². The second-order valence-corrected chi connectivity index (χ2v) is 3.36. The number of hydrogen-bond donors (Lipinski definition) is 1. The SMILES string of the molecule is Cn1cc(-c2ccc(N)cc2)cnc1=O. The highest BCUT2D eigenvalue weighted by Gasteiger charge is 1.99. The van der Waals surface area contributed by atoms with Gasteiger partial charge in [-0.25, -0.2) is 9.78 Å². The fraction of sp³-hybridized carbons (Fsp3) is 0.0909. The highest BCUT2D eigenvalue weighted by atomic mass is 16.1. The molecular formula is C11H11N3O. The summed E-state index contributed by atoms with van der Waals surface area (Å²) in [6.45, 7) is 0. The predicted octanol–water partition coefficient (Wildman–Crippen LogP) is 1.03. The van der Waals surface area contributed by atoms with Gasteiger partial charge in [0.15, 0.2) is 0 Å². The third-order valence-electron chi connectivity index (χ3n) is 2.19. The van der Waals surface area contributed by atoms with E-state index in [1.807, 2.05) is 24.3 Å². The van der Waals surface area contributed by atoms with Crippen LogP contribution in [0, 0.1) is 0 Å². The van der Waals surface area contributed by atoms with Crippen LogP contribution in [0.5, 0.6) is 0 Å². The minimum atomic E-state index is -0.255. The monoisotopic (exact) mass is 201 g/mol. The van der Waals surface area contributed by atoms with Crippen molar-refractivity contribution in [1.29, 1.82) is 0 Å². The Morgan fingerprint density at radius 3 is 2.47 bits per heavy atom. The van der Waals surface area contributed by atoms with Crippen LogP contribution in [0.15, 0.2) is 41.5 Å². The van der Waals surface area contributed by atoms with E-state index >= 15 is 0 Å². The van der Waals surface area contributed by atoms with Gasteiger partial charge in [-0.05, 0) is 17.7 Å². The van der Waals surface area contributed by atoms with Crippen molar-refractivity contribution >= 4 is 5.69 Å². The smallest absolute Gasteiger partial charge is 0.347 e. The lowest BCUT2D eigenvalue weighted by Crippen LogP contribution is -2.18. The van der Waals surface area contributed by atoms with Crippen LogP contribution < -0.4 is 11.4 Å². The Morgan fingerprint density at radius 1 is 1.20 bits per heavy atom. The first-order valence-corrected chi connectivity index (χ1v) is 4.55. The van der Waals surface area contributed by atoms with Gasteiger partial charge in [-0.2, -0.15) is 0 Å². The zero-order chi connectivity index (χ0) is 10.8. The zero-order valence-electron chi connectivity index (χ0n) is 8.34. The highest BCUT2D eigenvalue weighted by Crippen LogP contribution is 2.17. The number of anilines is 1. The Kier molecular flexibility index (Phi) is 2.25. The van der Waals surface area contributed by atoms with Gasteiger partial charge in [0.25, 0.3) is 0 Å². The summed E-state index contributed by atoms with van der Waals surface area (Å²) in [6, 6.07) is 7.44. The van der Waals surface area contributed by atoms with E-state index < -0.39 is 0 Å². The normalized spacial score (nSPS) is 10.2. The molecule has 0 aliphatic carbocycles. The molecule has 0 aliphatic rings. The summed E-state index contributed by atoms with van der Waals surface area (Å²) in [6.07, 6.45) is 3.31. The fourth-order valence-corrected chi connectivity index (χ4v) is 1.34. The van der Waals surface area contributed by atoms with Crippen molar-refractivity contribution in [3.63, 3.8) is 0 Å². The zero-order valence-corrected chi connectivity index (χ0v) is 8.34. The molecule has 4 nitrogen and oxygen atoms in total. The molecule has 0 atom stereocenters. The summed E-state index contributed by atoms with van der Waals surface area (Å²) in [7, 11) is 1.68. The minimum Gasteiger partial charge on any atom is -0.399 e. The molecule has 0 radical (unpaired) electrons. The van der Waals surface area contributed by atoms with Crippen LogP contribution in [0.1, 0.15) is 0 Å². The summed E-state index contributed by atoms with van der Waals surface area (Å²) >= 11 is 0. The number of rotatable bonds is 1. The molecule has 2 aromatic rings. The van der Waals surface area contributed by atoms with Crippen molar-refractivity contribution < 1.29 is 0 Å². The molecule has 0 amide bonds. The number of nitrogens with two attached hydrogens (primary N) is 1. The molecule has 15 heavy (non-hydrogen) atoms. The lowest BCUT2D eigenvalue weighted by Gasteiger charge is -2.03. The lowest BCUT2D eigenvalue weighted by molar-refractivity contribution is 0.812. The van der Waals surface area contributed by atoms with Crippen molar-refractivity contribution in [2.75, 3.05) is 5.73 Å². The first kappa shape index (κ1) is 9.45. The quantitative estimate of drug-likeness (QED) is 0.701. The van der Waals surface area contributed by atoms with E-state index in [4.69, 9.17) is 5.73 Å². The molecule has 76 valence electrons. The largest absolute Gasteiger partial charge is 0.399 e. The van der Waals surface area contributed by atoms with Crippen molar-refractivity contribution in [3.8, 4) is 11.1 Å². The van der Waals surface area contributed by atoms with Crippen LogP contribution in [0.4, 0.5) is 5.69 Å². The Balaban J connectivity index is 2.50. The molecule has 1 aromatic heterocycles. The lowest BCUT2D eigenvalue weighted by atomic mass is 10.1. The molecule has 0 bridgehead atoms. The fourth-order valence-electron chi connectivity index (χ4n) is 1.34. The molecule has 2 N–H and O–H groups in total. The Bertz CT molecular complexity index is 528. The van der Waals surface area contributed by atoms with Crippen molar-refractivity contribution in [2.45, 2.75) is 0 Å². The molecule has 0 spiro atoms. The standard InChI is InChI=1S/C11H11N3O/c1-14-7-9(6-13-11(14)15)8-2-4-10(12)5-3-8/h2-7H,12H2,1H3. The van der Waals surface area contributed by atoms with Crippen LogP contribution in [0.25, 0.3) is 11.1 Å². The van der Waals surface area contributed by atoms with Crippen molar-refractivity contribution in [3.05, 3.63) is 47.1 Å². The van der Waals surface area contributed by atoms with Crippen LogP contribution in [0.3, 0.4) is 0 Å². The van der Waals surface area contributed by atoms with Gasteiger partial charge in [0.1, 0.15) is 0 Å². The van der Waals surface area contributed by atoms with E-state index in [0.29, 0.717) is 0 Å². The molecule has 2 rings (SSSR count). The summed E-state index contributed by atoms with van der Waals surface area (Å²) in [5, 5.41) is 0. The molecule has 0 fully saturated rings. The van der Waals surface area contributed by atoms with E-state index in [2.05, 4.69) is 4.98 Å². The van der Waals surface area contributed by atoms with E-state index in [0.717, 1.165) is 16.8 Å². The van der Waals surface area contributed by atoms with Gasteiger partial charge in [0.05, 0.1) is 0 Å².